The Balaban J connectivity index is 1.76. The van der Waals surface area contributed by atoms with Gasteiger partial charge in [0, 0.05) is 10.5 Å². The Morgan fingerprint density at radius 3 is 2.29 bits per heavy atom. The number of carbonyl (C=O) groups excluding carboxylic acids is 2. The molecule has 0 aliphatic rings. The molecule has 8 nitrogen and oxygen atoms in total. The SMILES string of the molecule is CC(C)[C@@H](NC(=O)OC(C)(C)C)C(=O)Oc1ccc2c(=O)c(Oc3ccc(Br)cc3)coc2c1. The Kier molecular flexibility index (Phi) is 7.66. The Morgan fingerprint density at radius 2 is 1.68 bits per heavy atom. The molecule has 34 heavy (non-hydrogen) atoms. The molecule has 1 atom stereocenters. The molecule has 0 unspecified atom stereocenters. The lowest BCUT2D eigenvalue weighted by atomic mass is 10.1. The molecule has 0 aliphatic heterocycles. The Labute approximate surface area is 205 Å². The van der Waals surface area contributed by atoms with Gasteiger partial charge < -0.3 is 23.9 Å². The van der Waals surface area contributed by atoms with E-state index in [9.17, 15) is 14.4 Å². The number of esters is 1. The van der Waals surface area contributed by atoms with Crippen LogP contribution in [0.25, 0.3) is 11.0 Å². The van der Waals surface area contributed by atoms with Crippen LogP contribution in [0.2, 0.25) is 0 Å². The fourth-order valence-corrected chi connectivity index (χ4v) is 3.23. The van der Waals surface area contributed by atoms with Gasteiger partial charge in [-0.3, -0.25) is 4.79 Å². The number of ether oxygens (including phenoxy) is 3. The van der Waals surface area contributed by atoms with Crippen LogP contribution in [0, 0.1) is 5.92 Å². The minimum Gasteiger partial charge on any atom is -0.460 e. The highest BCUT2D eigenvalue weighted by Crippen LogP contribution is 2.25. The van der Waals surface area contributed by atoms with Gasteiger partial charge in [0.2, 0.25) is 11.2 Å². The number of benzene rings is 2. The van der Waals surface area contributed by atoms with Gasteiger partial charge in [0.25, 0.3) is 0 Å². The summed E-state index contributed by atoms with van der Waals surface area (Å²) in [6.07, 6.45) is 0.491. The third-order valence-electron chi connectivity index (χ3n) is 4.57. The van der Waals surface area contributed by atoms with Crippen molar-refractivity contribution < 1.29 is 28.2 Å². The van der Waals surface area contributed by atoms with E-state index in [1.807, 2.05) is 0 Å². The summed E-state index contributed by atoms with van der Waals surface area (Å²) in [4.78, 5) is 37.7. The summed E-state index contributed by atoms with van der Waals surface area (Å²) >= 11 is 3.34. The zero-order valence-electron chi connectivity index (χ0n) is 19.5. The third-order valence-corrected chi connectivity index (χ3v) is 5.10. The summed E-state index contributed by atoms with van der Waals surface area (Å²) in [6.45, 7) is 8.74. The Morgan fingerprint density at radius 1 is 1.03 bits per heavy atom. The predicted molar refractivity (Wildman–Crippen MR) is 130 cm³/mol. The minimum absolute atomic E-state index is 0.0287. The van der Waals surface area contributed by atoms with Crippen LogP contribution in [0.15, 0.2) is 62.4 Å². The van der Waals surface area contributed by atoms with E-state index in [0.29, 0.717) is 5.75 Å². The van der Waals surface area contributed by atoms with E-state index in [1.54, 1.807) is 58.9 Å². The second-order valence-electron chi connectivity index (χ2n) is 8.93. The molecule has 0 aliphatic carbocycles. The van der Waals surface area contributed by atoms with E-state index in [1.165, 1.54) is 24.5 Å². The highest BCUT2D eigenvalue weighted by molar-refractivity contribution is 9.10. The number of rotatable bonds is 6. The molecule has 1 N–H and O–H groups in total. The molecule has 1 aromatic heterocycles. The second-order valence-corrected chi connectivity index (χ2v) is 9.85. The van der Waals surface area contributed by atoms with E-state index in [4.69, 9.17) is 18.6 Å². The maximum Gasteiger partial charge on any atom is 0.408 e. The van der Waals surface area contributed by atoms with E-state index in [0.717, 1.165) is 4.47 Å². The first-order valence-electron chi connectivity index (χ1n) is 10.6. The van der Waals surface area contributed by atoms with Crippen LogP contribution >= 0.6 is 15.9 Å². The molecule has 0 spiro atoms. The topological polar surface area (TPSA) is 104 Å². The summed E-state index contributed by atoms with van der Waals surface area (Å²) in [6, 6.07) is 10.5. The molecule has 0 bridgehead atoms. The van der Waals surface area contributed by atoms with Gasteiger partial charge in [-0.25, -0.2) is 9.59 Å². The van der Waals surface area contributed by atoms with Crippen LogP contribution in [-0.4, -0.2) is 23.7 Å². The van der Waals surface area contributed by atoms with Crippen LogP contribution in [0.3, 0.4) is 0 Å². The standard InChI is InChI=1S/C25H26BrNO7/c1-14(2)21(27-24(30)34-25(3,4)5)23(29)33-17-10-11-18-19(12-17)31-13-20(22(18)28)32-16-8-6-15(26)7-9-16/h6-14,21H,1-5H3,(H,27,30)/t21-/m1/s1. The first-order valence-corrected chi connectivity index (χ1v) is 11.4. The lowest BCUT2D eigenvalue weighted by Crippen LogP contribution is -2.48. The monoisotopic (exact) mass is 531 g/mol. The molecule has 0 saturated carbocycles. The maximum atomic E-state index is 12.8. The summed E-state index contributed by atoms with van der Waals surface area (Å²) < 4.78 is 22.7. The molecule has 0 saturated heterocycles. The zero-order chi connectivity index (χ0) is 25.0. The van der Waals surface area contributed by atoms with Crippen molar-refractivity contribution in [2.45, 2.75) is 46.3 Å². The molecule has 1 heterocycles. The molecule has 3 rings (SSSR count). The van der Waals surface area contributed by atoms with Gasteiger partial charge in [0.15, 0.2) is 0 Å². The predicted octanol–water partition coefficient (Wildman–Crippen LogP) is 5.80. The Hall–Kier alpha value is -3.33. The van der Waals surface area contributed by atoms with Crippen molar-refractivity contribution in [2.24, 2.45) is 5.92 Å². The molecule has 9 heteroatoms. The summed E-state index contributed by atoms with van der Waals surface area (Å²) in [5.74, 6) is -0.244. The van der Waals surface area contributed by atoms with Crippen LogP contribution in [0.5, 0.6) is 17.2 Å². The molecular formula is C25H26BrNO7. The lowest BCUT2D eigenvalue weighted by Gasteiger charge is -2.24. The molecule has 180 valence electrons. The molecule has 0 radical (unpaired) electrons. The van der Waals surface area contributed by atoms with Gasteiger partial charge in [-0.2, -0.15) is 0 Å². The molecule has 2 aromatic carbocycles. The molecule has 0 fully saturated rings. The highest BCUT2D eigenvalue weighted by atomic mass is 79.9. The molecule has 1 amide bonds. The van der Waals surface area contributed by atoms with E-state index >= 15 is 0 Å². The number of hydrogen-bond acceptors (Lipinski definition) is 7. The number of carbonyl (C=O) groups is 2. The van der Waals surface area contributed by atoms with Gasteiger partial charge in [0.1, 0.15) is 35.0 Å². The summed E-state index contributed by atoms with van der Waals surface area (Å²) in [5.41, 5.74) is -0.848. The number of fused-ring (bicyclic) bond motifs is 1. The van der Waals surface area contributed by atoms with Crippen LogP contribution in [0.1, 0.15) is 34.6 Å². The van der Waals surface area contributed by atoms with Gasteiger partial charge in [-0.1, -0.05) is 29.8 Å². The quantitative estimate of drug-likeness (QED) is 0.316. The van der Waals surface area contributed by atoms with E-state index < -0.39 is 23.7 Å². The van der Waals surface area contributed by atoms with Crippen LogP contribution in [0.4, 0.5) is 4.79 Å². The van der Waals surface area contributed by atoms with Gasteiger partial charge in [0.05, 0.1) is 5.39 Å². The average Bonchev–Trinajstić information content (AvgIpc) is 2.74. The summed E-state index contributed by atoms with van der Waals surface area (Å²) in [5, 5.41) is 2.81. The number of amides is 1. The van der Waals surface area contributed by atoms with Gasteiger partial charge in [-0.15, -0.1) is 0 Å². The number of hydrogen-bond donors (Lipinski definition) is 1. The summed E-state index contributed by atoms with van der Waals surface area (Å²) in [7, 11) is 0. The molecule has 3 aromatic rings. The molecular weight excluding hydrogens is 506 g/mol. The highest BCUT2D eigenvalue weighted by Gasteiger charge is 2.28. The number of nitrogens with one attached hydrogen (secondary N) is 1. The smallest absolute Gasteiger partial charge is 0.408 e. The van der Waals surface area contributed by atoms with Crippen molar-refractivity contribution in [1.82, 2.24) is 5.32 Å². The van der Waals surface area contributed by atoms with Crippen molar-refractivity contribution in [3.8, 4) is 17.2 Å². The normalized spacial score (nSPS) is 12.3. The minimum atomic E-state index is -0.931. The second kappa shape index (κ2) is 10.3. The average molecular weight is 532 g/mol. The van der Waals surface area contributed by atoms with Crippen molar-refractivity contribution >= 4 is 39.0 Å². The third kappa shape index (κ3) is 6.60. The van der Waals surface area contributed by atoms with Crippen molar-refractivity contribution in [2.75, 3.05) is 0 Å². The maximum absolute atomic E-state index is 12.8. The van der Waals surface area contributed by atoms with E-state index in [2.05, 4.69) is 21.2 Å². The zero-order valence-corrected chi connectivity index (χ0v) is 21.1. The van der Waals surface area contributed by atoms with Crippen molar-refractivity contribution in [3.63, 3.8) is 0 Å². The first-order chi connectivity index (χ1) is 15.9. The van der Waals surface area contributed by atoms with Gasteiger partial charge >= 0.3 is 12.1 Å². The largest absolute Gasteiger partial charge is 0.460 e. The first kappa shape index (κ1) is 25.3. The Bertz CT molecular complexity index is 1240. The fraction of sp³-hybridized carbons (Fsp3) is 0.320. The number of alkyl carbamates (subject to hydrolysis) is 1. The van der Waals surface area contributed by atoms with Crippen molar-refractivity contribution in [1.29, 1.82) is 0 Å². The van der Waals surface area contributed by atoms with Crippen molar-refractivity contribution in [3.05, 3.63) is 63.4 Å². The van der Waals surface area contributed by atoms with E-state index in [-0.39, 0.29) is 33.8 Å². The number of halogens is 1. The fourth-order valence-electron chi connectivity index (χ4n) is 2.97. The van der Waals surface area contributed by atoms with Gasteiger partial charge in [-0.05, 0) is 63.1 Å². The lowest BCUT2D eigenvalue weighted by molar-refractivity contribution is -0.137. The van der Waals surface area contributed by atoms with Crippen LogP contribution in [-0.2, 0) is 9.53 Å². The van der Waals surface area contributed by atoms with Crippen LogP contribution < -0.4 is 20.2 Å².